The SMILES string of the molecule is CSCCC1NC2(CCN(C(=O)O)CC2)N(C)C1=O.Fc1ccccc1. The van der Waals surface area contributed by atoms with E-state index in [1.54, 1.807) is 34.9 Å². The number of nitrogens with one attached hydrogen (secondary N) is 1. The van der Waals surface area contributed by atoms with Gasteiger partial charge in [0, 0.05) is 33.0 Å². The van der Waals surface area contributed by atoms with Gasteiger partial charge in [-0.1, -0.05) is 18.2 Å². The molecule has 0 aromatic heterocycles. The van der Waals surface area contributed by atoms with Crippen LogP contribution in [-0.4, -0.2) is 70.8 Å². The van der Waals surface area contributed by atoms with Crippen LogP contribution in [0.1, 0.15) is 19.3 Å². The first-order valence-corrected chi connectivity index (χ1v) is 10.0. The number of carbonyl (C=O) groups is 2. The Balaban J connectivity index is 0.000000290. The molecule has 2 amide bonds. The number of halogens is 1. The third kappa shape index (κ3) is 4.88. The standard InChI is InChI=1S/C12H21N3O3S.C6H5F/c1-14-10(16)9(3-8-19-2)13-12(14)4-6-15(7-5-12)11(17)18;7-6-4-2-1-3-5-6/h9,13H,3-8H2,1-2H3,(H,17,18);1-5H. The van der Waals surface area contributed by atoms with E-state index >= 15 is 0 Å². The summed E-state index contributed by atoms with van der Waals surface area (Å²) in [5.41, 5.74) is -0.341. The molecule has 3 rings (SSSR count). The van der Waals surface area contributed by atoms with Gasteiger partial charge in [0.25, 0.3) is 0 Å². The van der Waals surface area contributed by atoms with Gasteiger partial charge in [0.1, 0.15) is 5.82 Å². The number of benzene rings is 1. The largest absolute Gasteiger partial charge is 0.465 e. The van der Waals surface area contributed by atoms with Crippen molar-refractivity contribution in [2.24, 2.45) is 0 Å². The zero-order chi connectivity index (χ0) is 19.2. The van der Waals surface area contributed by atoms with Crippen molar-refractivity contribution in [3.63, 3.8) is 0 Å². The summed E-state index contributed by atoms with van der Waals surface area (Å²) in [4.78, 5) is 26.4. The van der Waals surface area contributed by atoms with E-state index in [4.69, 9.17) is 5.11 Å². The Morgan fingerprint density at radius 3 is 2.42 bits per heavy atom. The lowest BCUT2D eigenvalue weighted by atomic mass is 9.96. The van der Waals surface area contributed by atoms with Crippen LogP contribution in [0, 0.1) is 5.82 Å². The number of likely N-dealkylation sites (tertiary alicyclic amines) is 1. The summed E-state index contributed by atoms with van der Waals surface area (Å²) < 4.78 is 11.9. The lowest BCUT2D eigenvalue weighted by molar-refractivity contribution is -0.131. The Bertz CT molecular complexity index is 609. The molecule has 2 saturated heterocycles. The van der Waals surface area contributed by atoms with E-state index in [-0.39, 0.29) is 23.4 Å². The highest BCUT2D eigenvalue weighted by Gasteiger charge is 2.49. The van der Waals surface area contributed by atoms with Crippen LogP contribution in [-0.2, 0) is 4.79 Å². The van der Waals surface area contributed by atoms with Gasteiger partial charge >= 0.3 is 6.09 Å². The average molecular weight is 383 g/mol. The summed E-state index contributed by atoms with van der Waals surface area (Å²) in [6, 6.07) is 7.82. The smallest absolute Gasteiger partial charge is 0.407 e. The van der Waals surface area contributed by atoms with Crippen molar-refractivity contribution in [2.45, 2.75) is 31.0 Å². The number of nitrogens with zero attached hydrogens (tertiary/aromatic N) is 2. The molecule has 0 bridgehead atoms. The summed E-state index contributed by atoms with van der Waals surface area (Å²) in [5, 5.41) is 12.4. The van der Waals surface area contributed by atoms with Gasteiger partial charge in [-0.25, -0.2) is 9.18 Å². The van der Waals surface area contributed by atoms with Gasteiger partial charge < -0.3 is 14.9 Å². The second-order valence-corrected chi connectivity index (χ2v) is 7.46. The molecule has 2 fully saturated rings. The van der Waals surface area contributed by atoms with Crippen LogP contribution in [0.4, 0.5) is 9.18 Å². The Labute approximate surface area is 157 Å². The van der Waals surface area contributed by atoms with Gasteiger partial charge in [0.2, 0.25) is 5.91 Å². The predicted molar refractivity (Wildman–Crippen MR) is 101 cm³/mol. The van der Waals surface area contributed by atoms with Crippen molar-refractivity contribution in [1.29, 1.82) is 0 Å². The molecule has 2 heterocycles. The van der Waals surface area contributed by atoms with Crippen LogP contribution in [0.5, 0.6) is 0 Å². The molecule has 1 aromatic carbocycles. The highest BCUT2D eigenvalue weighted by Crippen LogP contribution is 2.32. The molecule has 1 spiro atoms. The lowest BCUT2D eigenvalue weighted by Gasteiger charge is -2.42. The quantitative estimate of drug-likeness (QED) is 0.839. The maximum Gasteiger partial charge on any atom is 0.407 e. The summed E-state index contributed by atoms with van der Waals surface area (Å²) in [6.45, 7) is 0.963. The Morgan fingerprint density at radius 1 is 1.35 bits per heavy atom. The summed E-state index contributed by atoms with van der Waals surface area (Å²) in [7, 11) is 1.82. The molecule has 26 heavy (non-hydrogen) atoms. The van der Waals surface area contributed by atoms with Gasteiger partial charge in [-0.15, -0.1) is 0 Å². The molecule has 6 nitrogen and oxygen atoms in total. The van der Waals surface area contributed by atoms with Crippen LogP contribution in [0.2, 0.25) is 0 Å². The minimum atomic E-state index is -0.874. The normalized spacial score (nSPS) is 21.5. The van der Waals surface area contributed by atoms with Crippen LogP contribution in [0.25, 0.3) is 0 Å². The van der Waals surface area contributed by atoms with Crippen molar-refractivity contribution in [2.75, 3.05) is 32.1 Å². The van der Waals surface area contributed by atoms with Crippen LogP contribution < -0.4 is 5.32 Å². The molecule has 0 radical (unpaired) electrons. The summed E-state index contributed by atoms with van der Waals surface area (Å²) >= 11 is 1.73. The van der Waals surface area contributed by atoms with Crippen LogP contribution in [0.3, 0.4) is 0 Å². The van der Waals surface area contributed by atoms with E-state index in [0.29, 0.717) is 25.9 Å². The number of hydrogen-bond acceptors (Lipinski definition) is 4. The second-order valence-electron chi connectivity index (χ2n) is 6.47. The Morgan fingerprint density at radius 2 is 1.96 bits per heavy atom. The van der Waals surface area contributed by atoms with E-state index in [2.05, 4.69) is 5.32 Å². The minimum absolute atomic E-state index is 0.117. The fraction of sp³-hybridized carbons (Fsp3) is 0.556. The van der Waals surface area contributed by atoms with Gasteiger partial charge in [-0.3, -0.25) is 10.1 Å². The molecular weight excluding hydrogens is 357 g/mol. The zero-order valence-corrected chi connectivity index (χ0v) is 16.0. The first-order valence-electron chi connectivity index (χ1n) is 8.62. The third-order valence-electron chi connectivity index (χ3n) is 4.92. The van der Waals surface area contributed by atoms with Crippen LogP contribution in [0.15, 0.2) is 30.3 Å². The molecule has 1 unspecified atom stereocenters. The average Bonchev–Trinajstić information content (AvgIpc) is 2.86. The Kier molecular flexibility index (Phi) is 7.28. The van der Waals surface area contributed by atoms with Crippen molar-refractivity contribution in [1.82, 2.24) is 15.1 Å². The molecule has 0 aliphatic carbocycles. The molecule has 1 aromatic rings. The zero-order valence-electron chi connectivity index (χ0n) is 15.2. The van der Waals surface area contributed by atoms with Crippen molar-refractivity contribution in [3.8, 4) is 0 Å². The van der Waals surface area contributed by atoms with Crippen molar-refractivity contribution in [3.05, 3.63) is 36.1 Å². The van der Waals surface area contributed by atoms with E-state index in [1.165, 1.54) is 17.0 Å². The summed E-state index contributed by atoms with van der Waals surface area (Å²) in [6.07, 6.45) is 3.31. The van der Waals surface area contributed by atoms with Gasteiger partial charge in [0.05, 0.1) is 11.7 Å². The summed E-state index contributed by atoms with van der Waals surface area (Å²) in [5.74, 6) is 0.912. The van der Waals surface area contributed by atoms with Gasteiger partial charge in [-0.2, -0.15) is 11.8 Å². The predicted octanol–water partition coefficient (Wildman–Crippen LogP) is 2.47. The topological polar surface area (TPSA) is 72.9 Å². The Hall–Kier alpha value is -1.80. The molecule has 0 saturated carbocycles. The number of carboxylic acid groups (broad SMARTS) is 1. The van der Waals surface area contributed by atoms with E-state index in [0.717, 1.165) is 12.2 Å². The monoisotopic (exact) mass is 383 g/mol. The number of carbonyl (C=O) groups excluding carboxylic acids is 1. The first-order chi connectivity index (χ1) is 12.4. The van der Waals surface area contributed by atoms with E-state index < -0.39 is 6.09 Å². The van der Waals surface area contributed by atoms with Gasteiger partial charge in [-0.05, 0) is 30.6 Å². The molecule has 2 aliphatic rings. The highest BCUT2D eigenvalue weighted by atomic mass is 32.2. The number of thioether (sulfide) groups is 1. The molecule has 2 aliphatic heterocycles. The number of hydrogen-bond donors (Lipinski definition) is 2. The number of likely N-dealkylation sites (N-methyl/N-ethyl adjacent to an activating group) is 1. The molecule has 8 heteroatoms. The fourth-order valence-electron chi connectivity index (χ4n) is 3.32. The third-order valence-corrected chi connectivity index (χ3v) is 5.56. The van der Waals surface area contributed by atoms with Crippen molar-refractivity contribution >= 4 is 23.8 Å². The maximum atomic E-state index is 12.2. The number of piperidine rings is 1. The molecule has 144 valence electrons. The van der Waals surface area contributed by atoms with E-state index in [1.807, 2.05) is 13.3 Å². The minimum Gasteiger partial charge on any atom is -0.465 e. The fourth-order valence-corrected chi connectivity index (χ4v) is 3.79. The molecule has 1 atom stereocenters. The maximum absolute atomic E-state index is 12.2. The lowest BCUT2D eigenvalue weighted by Crippen LogP contribution is -2.58. The first kappa shape index (κ1) is 20.5. The number of amides is 2. The van der Waals surface area contributed by atoms with Crippen LogP contribution >= 0.6 is 11.8 Å². The highest BCUT2D eigenvalue weighted by molar-refractivity contribution is 7.98. The van der Waals surface area contributed by atoms with Gasteiger partial charge in [0.15, 0.2) is 0 Å². The van der Waals surface area contributed by atoms with E-state index in [9.17, 15) is 14.0 Å². The molecular formula is C18H26FN3O3S. The van der Waals surface area contributed by atoms with Crippen molar-refractivity contribution < 1.29 is 19.1 Å². The number of rotatable bonds is 3. The molecule has 2 N–H and O–H groups in total. The second kappa shape index (κ2) is 9.23.